The van der Waals surface area contributed by atoms with Crippen molar-refractivity contribution in [1.29, 1.82) is 0 Å². The molecule has 1 aliphatic rings. The van der Waals surface area contributed by atoms with Crippen LogP contribution in [-0.2, 0) is 9.53 Å². The highest BCUT2D eigenvalue weighted by molar-refractivity contribution is 5.75. The molecule has 58 valence electrons. The molecule has 0 amide bonds. The number of hydrogen-bond acceptors (Lipinski definition) is 3. The summed E-state index contributed by atoms with van der Waals surface area (Å²) < 4.78 is 4.58. The maximum Gasteiger partial charge on any atom is 0.322 e. The molecule has 0 aromatic carbocycles. The van der Waals surface area contributed by atoms with Gasteiger partial charge in [-0.05, 0) is 19.8 Å². The summed E-state index contributed by atoms with van der Waals surface area (Å²) in [6.45, 7) is 2.07. The van der Waals surface area contributed by atoms with Crippen LogP contribution in [-0.4, -0.2) is 25.2 Å². The van der Waals surface area contributed by atoms with Gasteiger partial charge in [0.25, 0.3) is 0 Å². The van der Waals surface area contributed by atoms with Gasteiger partial charge in [-0.3, -0.25) is 4.79 Å². The average Bonchev–Trinajstić information content (AvgIpc) is 2.34. The Morgan fingerprint density at radius 3 is 2.70 bits per heavy atom. The molecular weight excluding hydrogens is 130 g/mol. The second-order valence-corrected chi connectivity index (χ2v) is 2.72. The van der Waals surface area contributed by atoms with Crippen molar-refractivity contribution in [2.24, 2.45) is 0 Å². The highest BCUT2D eigenvalue weighted by Crippen LogP contribution is 2.11. The summed E-state index contributed by atoms with van der Waals surface area (Å²) >= 11 is 0. The summed E-state index contributed by atoms with van der Waals surface area (Å²) in [6.07, 6.45) is 1.98. The molecule has 10 heavy (non-hydrogen) atoms. The normalized spacial score (nSPS) is 32.2. The summed E-state index contributed by atoms with van der Waals surface area (Å²) in [5.74, 6) is -0.135. The van der Waals surface area contributed by atoms with Crippen LogP contribution in [0.25, 0.3) is 0 Å². The molecule has 0 radical (unpaired) electrons. The van der Waals surface area contributed by atoms with Crippen LogP contribution in [0.3, 0.4) is 0 Å². The van der Waals surface area contributed by atoms with Crippen molar-refractivity contribution in [2.75, 3.05) is 7.11 Å². The van der Waals surface area contributed by atoms with Crippen LogP contribution in [0.4, 0.5) is 0 Å². The number of hydrogen-bond donors (Lipinski definition) is 1. The van der Waals surface area contributed by atoms with E-state index in [1.165, 1.54) is 7.11 Å². The lowest BCUT2D eigenvalue weighted by atomic mass is 10.2. The van der Waals surface area contributed by atoms with Crippen LogP contribution < -0.4 is 5.32 Å². The maximum atomic E-state index is 10.9. The van der Waals surface area contributed by atoms with Crippen LogP contribution >= 0.6 is 0 Å². The Bertz CT molecular complexity index is 136. The van der Waals surface area contributed by atoms with E-state index in [1.807, 2.05) is 0 Å². The van der Waals surface area contributed by atoms with Gasteiger partial charge in [0.1, 0.15) is 6.04 Å². The zero-order valence-electron chi connectivity index (χ0n) is 6.39. The van der Waals surface area contributed by atoms with E-state index in [-0.39, 0.29) is 12.0 Å². The van der Waals surface area contributed by atoms with E-state index in [4.69, 9.17) is 0 Å². The second kappa shape index (κ2) is 3.01. The van der Waals surface area contributed by atoms with Gasteiger partial charge in [0.05, 0.1) is 7.11 Å². The van der Waals surface area contributed by atoms with Crippen LogP contribution in [0.5, 0.6) is 0 Å². The van der Waals surface area contributed by atoms with Gasteiger partial charge in [0.2, 0.25) is 0 Å². The molecule has 1 aliphatic heterocycles. The highest BCUT2D eigenvalue weighted by atomic mass is 16.5. The van der Waals surface area contributed by atoms with Gasteiger partial charge in [-0.1, -0.05) is 0 Å². The predicted molar refractivity (Wildman–Crippen MR) is 37.6 cm³/mol. The van der Waals surface area contributed by atoms with Gasteiger partial charge in [-0.15, -0.1) is 0 Å². The Morgan fingerprint density at radius 2 is 2.30 bits per heavy atom. The zero-order chi connectivity index (χ0) is 7.56. The molecule has 0 saturated carbocycles. The number of ether oxygens (including phenoxy) is 1. The van der Waals surface area contributed by atoms with Crippen molar-refractivity contribution < 1.29 is 9.53 Å². The molecule has 1 fully saturated rings. The van der Waals surface area contributed by atoms with Crippen molar-refractivity contribution in [1.82, 2.24) is 5.32 Å². The van der Waals surface area contributed by atoms with E-state index in [0.29, 0.717) is 6.04 Å². The van der Waals surface area contributed by atoms with Crippen LogP contribution in [0.2, 0.25) is 0 Å². The highest BCUT2D eigenvalue weighted by Gasteiger charge is 2.26. The fourth-order valence-electron chi connectivity index (χ4n) is 1.25. The van der Waals surface area contributed by atoms with Crippen molar-refractivity contribution in [2.45, 2.75) is 31.8 Å². The molecule has 1 rings (SSSR count). The number of rotatable bonds is 1. The van der Waals surface area contributed by atoms with Crippen LogP contribution in [0.15, 0.2) is 0 Å². The average molecular weight is 143 g/mol. The lowest BCUT2D eigenvalue weighted by molar-refractivity contribution is -0.142. The van der Waals surface area contributed by atoms with E-state index in [1.54, 1.807) is 0 Å². The van der Waals surface area contributed by atoms with Gasteiger partial charge in [0, 0.05) is 6.04 Å². The number of carbonyl (C=O) groups is 1. The van der Waals surface area contributed by atoms with E-state index in [0.717, 1.165) is 12.8 Å². The quantitative estimate of drug-likeness (QED) is 0.536. The van der Waals surface area contributed by atoms with Gasteiger partial charge in [-0.2, -0.15) is 0 Å². The van der Waals surface area contributed by atoms with Gasteiger partial charge in [-0.25, -0.2) is 0 Å². The summed E-state index contributed by atoms with van der Waals surface area (Å²) in [5, 5.41) is 3.13. The molecule has 0 aliphatic carbocycles. The summed E-state index contributed by atoms with van der Waals surface area (Å²) in [4.78, 5) is 10.9. The standard InChI is InChI=1S/C7H13NO2/c1-5-3-4-6(8-5)7(9)10-2/h5-6,8H,3-4H2,1-2H3/t5?,6-/m1/s1. The minimum Gasteiger partial charge on any atom is -0.468 e. The van der Waals surface area contributed by atoms with Gasteiger partial charge < -0.3 is 10.1 Å². The number of nitrogens with one attached hydrogen (secondary N) is 1. The fourth-order valence-corrected chi connectivity index (χ4v) is 1.25. The Kier molecular flexibility index (Phi) is 2.27. The molecule has 3 nitrogen and oxygen atoms in total. The molecule has 3 heteroatoms. The largest absolute Gasteiger partial charge is 0.468 e. The van der Waals surface area contributed by atoms with E-state index in [9.17, 15) is 4.79 Å². The molecule has 1 saturated heterocycles. The first-order chi connectivity index (χ1) is 4.74. The van der Waals surface area contributed by atoms with Crippen LogP contribution in [0, 0.1) is 0 Å². The first-order valence-corrected chi connectivity index (χ1v) is 3.58. The smallest absolute Gasteiger partial charge is 0.322 e. The van der Waals surface area contributed by atoms with E-state index in [2.05, 4.69) is 17.0 Å². The Balaban J connectivity index is 2.37. The van der Waals surface area contributed by atoms with Gasteiger partial charge in [0.15, 0.2) is 0 Å². The fraction of sp³-hybridized carbons (Fsp3) is 0.857. The number of methoxy groups -OCH3 is 1. The third kappa shape index (κ3) is 1.48. The molecule has 1 N–H and O–H groups in total. The molecule has 1 heterocycles. The Hall–Kier alpha value is -0.570. The lowest BCUT2D eigenvalue weighted by Crippen LogP contribution is -2.34. The number of esters is 1. The topological polar surface area (TPSA) is 38.3 Å². The minimum absolute atomic E-state index is 0.0556. The summed E-state index contributed by atoms with van der Waals surface area (Å²) in [6, 6.07) is 0.407. The maximum absolute atomic E-state index is 10.9. The van der Waals surface area contributed by atoms with E-state index >= 15 is 0 Å². The van der Waals surface area contributed by atoms with Crippen molar-refractivity contribution >= 4 is 5.97 Å². The Labute approximate surface area is 60.7 Å². The minimum atomic E-state index is -0.135. The third-order valence-corrected chi connectivity index (χ3v) is 1.86. The number of carbonyl (C=O) groups excluding carboxylic acids is 1. The lowest BCUT2D eigenvalue weighted by Gasteiger charge is -2.07. The molecule has 0 spiro atoms. The first kappa shape index (κ1) is 7.54. The molecule has 0 aromatic rings. The van der Waals surface area contributed by atoms with Gasteiger partial charge >= 0.3 is 5.97 Å². The van der Waals surface area contributed by atoms with Crippen molar-refractivity contribution in [3.63, 3.8) is 0 Å². The van der Waals surface area contributed by atoms with Crippen molar-refractivity contribution in [3.8, 4) is 0 Å². The summed E-state index contributed by atoms with van der Waals surface area (Å²) in [5.41, 5.74) is 0. The van der Waals surface area contributed by atoms with E-state index < -0.39 is 0 Å². The zero-order valence-corrected chi connectivity index (χ0v) is 6.39. The first-order valence-electron chi connectivity index (χ1n) is 3.58. The van der Waals surface area contributed by atoms with Crippen molar-refractivity contribution in [3.05, 3.63) is 0 Å². The van der Waals surface area contributed by atoms with Crippen LogP contribution in [0.1, 0.15) is 19.8 Å². The summed E-state index contributed by atoms with van der Waals surface area (Å²) in [7, 11) is 1.42. The molecule has 0 bridgehead atoms. The molecule has 2 atom stereocenters. The Morgan fingerprint density at radius 1 is 1.60 bits per heavy atom. The predicted octanol–water partition coefficient (Wildman–Crippen LogP) is 0.300. The third-order valence-electron chi connectivity index (χ3n) is 1.86. The second-order valence-electron chi connectivity index (χ2n) is 2.72. The molecule has 1 unspecified atom stereocenters. The monoisotopic (exact) mass is 143 g/mol. The molecule has 0 aromatic heterocycles. The SMILES string of the molecule is COC(=O)[C@H]1CCC(C)N1. The molecular formula is C7H13NO2.